The van der Waals surface area contributed by atoms with E-state index in [1.165, 1.54) is 7.11 Å². The van der Waals surface area contributed by atoms with E-state index < -0.39 is 11.3 Å². The van der Waals surface area contributed by atoms with E-state index >= 15 is 0 Å². The Morgan fingerprint density at radius 2 is 1.62 bits per heavy atom. The summed E-state index contributed by atoms with van der Waals surface area (Å²) >= 11 is 0. The van der Waals surface area contributed by atoms with Crippen molar-refractivity contribution in [3.8, 4) is 5.75 Å². The first kappa shape index (κ1) is 17.5. The van der Waals surface area contributed by atoms with E-state index in [1.54, 1.807) is 38.1 Å². The minimum Gasteiger partial charge on any atom is -0.495 e. The maximum atomic E-state index is 12.6. The van der Waals surface area contributed by atoms with E-state index in [4.69, 9.17) is 4.74 Å². The zero-order valence-electron chi connectivity index (χ0n) is 14.3. The number of hydrogen-bond acceptors (Lipinski definition) is 3. The molecule has 0 aliphatic carbocycles. The van der Waals surface area contributed by atoms with Gasteiger partial charge >= 0.3 is 0 Å². The van der Waals surface area contributed by atoms with Crippen molar-refractivity contribution < 1.29 is 14.3 Å². The third-order valence-electron chi connectivity index (χ3n) is 3.77. The van der Waals surface area contributed by atoms with Crippen molar-refractivity contribution in [1.82, 2.24) is 0 Å². The van der Waals surface area contributed by atoms with Gasteiger partial charge in [0.2, 0.25) is 11.8 Å². The van der Waals surface area contributed by atoms with Crippen LogP contribution in [0.4, 0.5) is 11.4 Å². The molecule has 5 nitrogen and oxygen atoms in total. The third-order valence-corrected chi connectivity index (χ3v) is 3.77. The molecule has 5 heteroatoms. The molecule has 0 atom stereocenters. The van der Waals surface area contributed by atoms with Crippen LogP contribution in [0.15, 0.2) is 48.5 Å². The molecule has 0 spiro atoms. The Morgan fingerprint density at radius 3 is 2.29 bits per heavy atom. The van der Waals surface area contributed by atoms with Crippen LogP contribution in [0.25, 0.3) is 0 Å². The molecule has 2 aromatic rings. The molecule has 2 rings (SSSR count). The lowest BCUT2D eigenvalue weighted by atomic mass is 9.90. The number of hydrogen-bond donors (Lipinski definition) is 2. The molecule has 0 unspecified atom stereocenters. The fourth-order valence-corrected chi connectivity index (χ4v) is 2.14. The summed E-state index contributed by atoms with van der Waals surface area (Å²) in [6.07, 6.45) is 0. The van der Waals surface area contributed by atoms with Crippen molar-refractivity contribution in [3.05, 3.63) is 54.1 Å². The monoisotopic (exact) mass is 326 g/mol. The lowest BCUT2D eigenvalue weighted by molar-refractivity contribution is -0.135. The molecule has 0 bridgehead atoms. The highest BCUT2D eigenvalue weighted by molar-refractivity contribution is 6.14. The molecule has 126 valence electrons. The summed E-state index contributed by atoms with van der Waals surface area (Å²) < 4.78 is 5.21. The number of ether oxygens (including phenoxy) is 1. The second-order valence-electron chi connectivity index (χ2n) is 6.10. The minimum atomic E-state index is -1.25. The molecule has 0 radical (unpaired) electrons. The van der Waals surface area contributed by atoms with Crippen LogP contribution in [-0.2, 0) is 9.59 Å². The zero-order valence-corrected chi connectivity index (χ0v) is 14.3. The molecule has 0 saturated carbocycles. The summed E-state index contributed by atoms with van der Waals surface area (Å²) in [6, 6.07) is 14.5. The predicted octanol–water partition coefficient (Wildman–Crippen LogP) is 3.61. The summed E-state index contributed by atoms with van der Waals surface area (Å²) in [5.74, 6) is -0.238. The van der Waals surface area contributed by atoms with Gasteiger partial charge in [-0.1, -0.05) is 24.3 Å². The first-order chi connectivity index (χ1) is 11.3. The van der Waals surface area contributed by atoms with Crippen LogP contribution < -0.4 is 15.4 Å². The Labute approximate surface area is 142 Å². The highest BCUT2D eigenvalue weighted by Crippen LogP contribution is 2.27. The van der Waals surface area contributed by atoms with Crippen molar-refractivity contribution in [2.75, 3.05) is 17.7 Å². The van der Waals surface area contributed by atoms with Gasteiger partial charge in [0.15, 0.2) is 0 Å². The largest absolute Gasteiger partial charge is 0.495 e. The minimum absolute atomic E-state index is 0.375. The molecule has 2 amide bonds. The zero-order chi connectivity index (χ0) is 17.7. The Balaban J connectivity index is 2.13. The van der Waals surface area contributed by atoms with Crippen molar-refractivity contribution in [2.45, 2.75) is 20.8 Å². The van der Waals surface area contributed by atoms with Crippen LogP contribution in [0.3, 0.4) is 0 Å². The van der Waals surface area contributed by atoms with Crippen molar-refractivity contribution in [2.24, 2.45) is 5.41 Å². The summed E-state index contributed by atoms with van der Waals surface area (Å²) in [7, 11) is 1.53. The van der Waals surface area contributed by atoms with Gasteiger partial charge in [0.25, 0.3) is 0 Å². The quantitative estimate of drug-likeness (QED) is 0.825. The van der Waals surface area contributed by atoms with E-state index in [1.807, 2.05) is 31.2 Å². The van der Waals surface area contributed by atoms with Crippen LogP contribution in [0.2, 0.25) is 0 Å². The molecule has 0 heterocycles. The molecular formula is C19H22N2O3. The van der Waals surface area contributed by atoms with E-state index in [9.17, 15) is 9.59 Å². The number of carbonyl (C=O) groups is 2. The normalized spacial score (nSPS) is 10.8. The van der Waals surface area contributed by atoms with Crippen LogP contribution in [0.5, 0.6) is 5.75 Å². The fraction of sp³-hybridized carbons (Fsp3) is 0.263. The fourth-order valence-electron chi connectivity index (χ4n) is 2.14. The van der Waals surface area contributed by atoms with Crippen molar-refractivity contribution >= 4 is 23.2 Å². The van der Waals surface area contributed by atoms with Crippen LogP contribution in [0.1, 0.15) is 19.4 Å². The molecular weight excluding hydrogens is 304 g/mol. The maximum Gasteiger partial charge on any atom is 0.239 e. The van der Waals surface area contributed by atoms with Crippen molar-refractivity contribution in [1.29, 1.82) is 0 Å². The summed E-state index contributed by atoms with van der Waals surface area (Å²) in [5, 5.41) is 5.54. The number of benzene rings is 2. The molecule has 0 aromatic heterocycles. The molecule has 2 N–H and O–H groups in total. The molecule has 0 fully saturated rings. The molecule has 0 aliphatic rings. The first-order valence-corrected chi connectivity index (χ1v) is 7.67. The standard InChI is InChI=1S/C19H22N2O3/c1-13-8-7-9-14(12-13)20-17(22)19(2,3)18(23)21-15-10-5-6-11-16(15)24-4/h5-12H,1-4H3,(H,20,22)(H,21,23). The van der Waals surface area contributed by atoms with Gasteiger partial charge in [0.1, 0.15) is 11.2 Å². The Kier molecular flexibility index (Phi) is 5.24. The number of amides is 2. The predicted molar refractivity (Wildman–Crippen MR) is 95.2 cm³/mol. The molecule has 2 aromatic carbocycles. The number of para-hydroxylation sites is 2. The van der Waals surface area contributed by atoms with Gasteiger partial charge < -0.3 is 15.4 Å². The highest BCUT2D eigenvalue weighted by atomic mass is 16.5. The summed E-state index contributed by atoms with van der Waals surface area (Å²) in [4.78, 5) is 25.1. The highest BCUT2D eigenvalue weighted by Gasteiger charge is 2.36. The number of rotatable bonds is 5. The summed E-state index contributed by atoms with van der Waals surface area (Å²) in [5.41, 5.74) is 0.980. The molecule has 0 aliphatic heterocycles. The van der Waals surface area contributed by atoms with Crippen molar-refractivity contribution in [3.63, 3.8) is 0 Å². The van der Waals surface area contributed by atoms with Gasteiger partial charge in [0, 0.05) is 5.69 Å². The van der Waals surface area contributed by atoms with Gasteiger partial charge in [-0.05, 0) is 50.6 Å². The number of anilines is 2. The Hall–Kier alpha value is -2.82. The van der Waals surface area contributed by atoms with E-state index in [0.29, 0.717) is 17.1 Å². The Bertz CT molecular complexity index is 754. The van der Waals surface area contributed by atoms with Gasteiger partial charge in [-0.2, -0.15) is 0 Å². The second kappa shape index (κ2) is 7.17. The third kappa shape index (κ3) is 3.93. The Morgan fingerprint density at radius 1 is 0.958 bits per heavy atom. The van der Waals surface area contributed by atoms with Gasteiger partial charge in [0.05, 0.1) is 12.8 Å². The number of nitrogens with one attached hydrogen (secondary N) is 2. The van der Waals surface area contributed by atoms with E-state index in [0.717, 1.165) is 5.56 Å². The summed E-state index contributed by atoms with van der Waals surface area (Å²) in [6.45, 7) is 5.11. The number of methoxy groups -OCH3 is 1. The van der Waals surface area contributed by atoms with Crippen LogP contribution in [0, 0.1) is 12.3 Å². The van der Waals surface area contributed by atoms with Crippen LogP contribution >= 0.6 is 0 Å². The lowest BCUT2D eigenvalue weighted by Crippen LogP contribution is -2.41. The van der Waals surface area contributed by atoms with Gasteiger partial charge in [-0.3, -0.25) is 9.59 Å². The van der Waals surface area contributed by atoms with E-state index in [2.05, 4.69) is 10.6 Å². The lowest BCUT2D eigenvalue weighted by Gasteiger charge is -2.23. The van der Waals surface area contributed by atoms with Gasteiger partial charge in [-0.15, -0.1) is 0 Å². The van der Waals surface area contributed by atoms with Gasteiger partial charge in [-0.25, -0.2) is 0 Å². The SMILES string of the molecule is COc1ccccc1NC(=O)C(C)(C)C(=O)Nc1cccc(C)c1. The average molecular weight is 326 g/mol. The second-order valence-corrected chi connectivity index (χ2v) is 6.10. The van der Waals surface area contributed by atoms with Crippen LogP contribution in [-0.4, -0.2) is 18.9 Å². The smallest absolute Gasteiger partial charge is 0.239 e. The van der Waals surface area contributed by atoms with E-state index in [-0.39, 0.29) is 5.91 Å². The molecule has 0 saturated heterocycles. The number of carbonyl (C=O) groups excluding carboxylic acids is 2. The maximum absolute atomic E-state index is 12.6. The average Bonchev–Trinajstić information content (AvgIpc) is 2.55. The topological polar surface area (TPSA) is 67.4 Å². The molecule has 24 heavy (non-hydrogen) atoms. The first-order valence-electron chi connectivity index (χ1n) is 7.67. The number of aryl methyl sites for hydroxylation is 1.